The highest BCUT2D eigenvalue weighted by Crippen LogP contribution is 2.44. The lowest BCUT2D eigenvalue weighted by molar-refractivity contribution is -0.124. The fourth-order valence-corrected chi connectivity index (χ4v) is 5.95. The summed E-state index contributed by atoms with van der Waals surface area (Å²) >= 11 is 1.60. The van der Waals surface area contributed by atoms with Gasteiger partial charge in [0.05, 0.1) is 24.0 Å². The second kappa shape index (κ2) is 9.16. The molecule has 0 atom stereocenters. The molecule has 10 nitrogen and oxygen atoms in total. The van der Waals surface area contributed by atoms with Crippen molar-refractivity contribution >= 4 is 44.6 Å². The van der Waals surface area contributed by atoms with E-state index in [0.29, 0.717) is 37.4 Å². The van der Waals surface area contributed by atoms with E-state index < -0.39 is 0 Å². The predicted octanol–water partition coefficient (Wildman–Crippen LogP) is 1.86. The lowest BCUT2D eigenvalue weighted by Gasteiger charge is -2.26. The Morgan fingerprint density at radius 2 is 2.14 bits per heavy atom. The minimum atomic E-state index is -0.387. The van der Waals surface area contributed by atoms with E-state index >= 15 is 0 Å². The number of hydrogen-bond donors (Lipinski definition) is 3. The molecule has 1 fully saturated rings. The van der Waals surface area contributed by atoms with Crippen LogP contribution in [0, 0.1) is 6.92 Å². The van der Waals surface area contributed by atoms with Gasteiger partial charge in [-0.25, -0.2) is 9.50 Å². The van der Waals surface area contributed by atoms with Crippen molar-refractivity contribution < 1.29 is 14.3 Å². The molecule has 1 aliphatic rings. The van der Waals surface area contributed by atoms with E-state index in [-0.39, 0.29) is 24.8 Å². The summed E-state index contributed by atoms with van der Waals surface area (Å²) in [6, 6.07) is 6.24. The molecule has 182 valence electrons. The normalized spacial score (nSPS) is 14.5. The number of nitrogens with zero attached hydrogens (tertiary/aromatic N) is 4. The predicted molar refractivity (Wildman–Crippen MR) is 135 cm³/mol. The van der Waals surface area contributed by atoms with Crippen LogP contribution in [-0.2, 0) is 22.6 Å². The van der Waals surface area contributed by atoms with Gasteiger partial charge in [0.1, 0.15) is 17.6 Å². The van der Waals surface area contributed by atoms with E-state index in [0.717, 1.165) is 43.1 Å². The van der Waals surface area contributed by atoms with Crippen LogP contribution in [0.1, 0.15) is 23.2 Å². The maximum atomic E-state index is 12.0. The van der Waals surface area contributed by atoms with E-state index in [1.165, 1.54) is 6.33 Å². The van der Waals surface area contributed by atoms with Crippen molar-refractivity contribution in [1.29, 1.82) is 0 Å². The Morgan fingerprint density at radius 1 is 1.31 bits per heavy atom. The number of nitrogen functional groups attached to an aromatic ring is 1. The number of nitrogens with two attached hydrogens (primary N) is 2. The highest BCUT2D eigenvalue weighted by molar-refractivity contribution is 7.22. The molecule has 1 saturated heterocycles. The number of methoxy groups -OCH3 is 1. The number of hydrogen-bond acceptors (Lipinski definition) is 8. The molecule has 0 aliphatic carbocycles. The Hall–Kier alpha value is -3.70. The molecule has 0 radical (unpaired) electrons. The third kappa shape index (κ3) is 4.28. The zero-order chi connectivity index (χ0) is 24.7. The van der Waals surface area contributed by atoms with Crippen molar-refractivity contribution in [2.24, 2.45) is 5.73 Å². The number of aromatic nitrogens is 3. The molecule has 5 rings (SSSR count). The molecule has 1 aliphatic heterocycles. The minimum Gasteiger partial charge on any atom is -0.495 e. The van der Waals surface area contributed by atoms with Crippen molar-refractivity contribution in [3.8, 4) is 16.2 Å². The third-order valence-corrected chi connectivity index (χ3v) is 7.45. The molecule has 5 N–H and O–H groups in total. The number of ether oxygens (including phenoxy) is 1. The zero-order valence-electron chi connectivity index (χ0n) is 19.6. The lowest BCUT2D eigenvalue weighted by atomic mass is 10.0. The third-order valence-electron chi connectivity index (χ3n) is 6.27. The van der Waals surface area contributed by atoms with Gasteiger partial charge in [0, 0.05) is 36.5 Å². The minimum absolute atomic E-state index is 0.0165. The summed E-state index contributed by atoms with van der Waals surface area (Å²) in [5, 5.41) is 8.44. The fraction of sp³-hybridized carbons (Fsp3) is 0.333. The SMILES string of the molecule is COc1cc(C)cc2cc(-c3c(CCC(N)=O)c(CN4CCNC(=O)C4)n4ncnc(N)c34)sc12. The van der Waals surface area contributed by atoms with E-state index in [1.807, 2.05) is 13.0 Å². The molecule has 0 spiro atoms. The van der Waals surface area contributed by atoms with Crippen LogP contribution in [0.15, 0.2) is 24.5 Å². The van der Waals surface area contributed by atoms with E-state index in [4.69, 9.17) is 16.2 Å². The number of thiophene rings is 1. The number of piperazine rings is 1. The number of benzene rings is 1. The number of carbonyl (C=O) groups is 2. The Bertz CT molecular complexity index is 1460. The topological polar surface area (TPSA) is 141 Å². The average Bonchev–Trinajstić information content (AvgIpc) is 3.37. The molecule has 4 heterocycles. The summed E-state index contributed by atoms with van der Waals surface area (Å²) in [6.45, 7) is 4.09. The second-order valence-electron chi connectivity index (χ2n) is 8.73. The number of aryl methyl sites for hydroxylation is 1. The molecule has 2 amide bonds. The lowest BCUT2D eigenvalue weighted by Crippen LogP contribution is -2.47. The summed E-state index contributed by atoms with van der Waals surface area (Å²) < 4.78 is 8.47. The molecule has 1 aromatic carbocycles. The summed E-state index contributed by atoms with van der Waals surface area (Å²) in [5.41, 5.74) is 16.4. The number of carbonyl (C=O) groups excluding carboxylic acids is 2. The molecule has 0 bridgehead atoms. The standard InChI is InChI=1S/C24H27N7O3S/c1-13-7-14-9-18(35-23(14)17(8-13)34-2)21-15(3-4-19(25)32)16(10-30-6-5-27-20(33)11-30)31-22(21)24(26)28-12-29-31/h7-9,12H,3-6,10-11H2,1-2H3,(H2,25,32)(H,27,33)(H2,26,28,29). The van der Waals surface area contributed by atoms with Gasteiger partial charge in [-0.3, -0.25) is 14.5 Å². The van der Waals surface area contributed by atoms with Gasteiger partial charge in [-0.1, -0.05) is 6.07 Å². The van der Waals surface area contributed by atoms with Gasteiger partial charge in [0.25, 0.3) is 0 Å². The molecule has 35 heavy (non-hydrogen) atoms. The Morgan fingerprint density at radius 3 is 2.89 bits per heavy atom. The van der Waals surface area contributed by atoms with Gasteiger partial charge in [-0.05, 0) is 42.0 Å². The van der Waals surface area contributed by atoms with E-state index in [9.17, 15) is 9.59 Å². The number of fused-ring (bicyclic) bond motifs is 2. The van der Waals surface area contributed by atoms with Crippen molar-refractivity contribution in [2.75, 3.05) is 32.5 Å². The molecule has 0 saturated carbocycles. The number of nitrogens with one attached hydrogen (secondary N) is 1. The first-order valence-electron chi connectivity index (χ1n) is 11.3. The number of amides is 2. The van der Waals surface area contributed by atoms with Gasteiger partial charge < -0.3 is 21.5 Å². The molecule has 11 heteroatoms. The Kier molecular flexibility index (Phi) is 6.03. The van der Waals surface area contributed by atoms with Crippen LogP contribution in [0.5, 0.6) is 5.75 Å². The van der Waals surface area contributed by atoms with Gasteiger partial charge in [0.15, 0.2) is 5.82 Å². The first-order chi connectivity index (χ1) is 16.9. The van der Waals surface area contributed by atoms with Crippen molar-refractivity contribution in [3.63, 3.8) is 0 Å². The largest absolute Gasteiger partial charge is 0.495 e. The van der Waals surface area contributed by atoms with Crippen LogP contribution in [0.25, 0.3) is 26.0 Å². The monoisotopic (exact) mass is 493 g/mol. The highest BCUT2D eigenvalue weighted by Gasteiger charge is 2.27. The van der Waals surface area contributed by atoms with Crippen LogP contribution < -0.4 is 21.5 Å². The first kappa shape index (κ1) is 23.1. The van der Waals surface area contributed by atoms with Crippen LogP contribution in [0.2, 0.25) is 0 Å². The van der Waals surface area contributed by atoms with Gasteiger partial charge in [-0.2, -0.15) is 5.10 Å². The molecular weight excluding hydrogens is 466 g/mol. The van der Waals surface area contributed by atoms with Gasteiger partial charge >= 0.3 is 0 Å². The summed E-state index contributed by atoms with van der Waals surface area (Å²) in [7, 11) is 1.67. The maximum Gasteiger partial charge on any atom is 0.234 e. The van der Waals surface area contributed by atoms with E-state index in [2.05, 4.69) is 32.4 Å². The second-order valence-corrected chi connectivity index (χ2v) is 9.78. The number of anilines is 1. The quantitative estimate of drug-likeness (QED) is 0.357. The Balaban J connectivity index is 1.75. The molecule has 3 aromatic heterocycles. The van der Waals surface area contributed by atoms with Gasteiger partial charge in [-0.15, -0.1) is 11.3 Å². The number of rotatable bonds is 7. The summed E-state index contributed by atoms with van der Waals surface area (Å²) in [4.78, 5) is 31.1. The van der Waals surface area contributed by atoms with Crippen LogP contribution >= 0.6 is 11.3 Å². The van der Waals surface area contributed by atoms with Crippen LogP contribution in [0.4, 0.5) is 5.82 Å². The van der Waals surface area contributed by atoms with Crippen molar-refractivity contribution in [1.82, 2.24) is 24.8 Å². The Labute approximate surface area is 205 Å². The molecule has 0 unspecified atom stereocenters. The van der Waals surface area contributed by atoms with Crippen LogP contribution in [-0.4, -0.2) is 58.1 Å². The molecular formula is C24H27N7O3S. The molecule has 4 aromatic rings. The maximum absolute atomic E-state index is 12.0. The number of primary amides is 1. The summed E-state index contributed by atoms with van der Waals surface area (Å²) in [5.74, 6) is 0.750. The smallest absolute Gasteiger partial charge is 0.234 e. The fourth-order valence-electron chi connectivity index (χ4n) is 4.74. The zero-order valence-corrected chi connectivity index (χ0v) is 20.4. The first-order valence-corrected chi connectivity index (χ1v) is 12.2. The van der Waals surface area contributed by atoms with E-state index in [1.54, 1.807) is 23.0 Å². The van der Waals surface area contributed by atoms with Crippen molar-refractivity contribution in [3.05, 3.63) is 41.3 Å². The van der Waals surface area contributed by atoms with Gasteiger partial charge in [0.2, 0.25) is 11.8 Å². The van der Waals surface area contributed by atoms with Crippen molar-refractivity contribution in [2.45, 2.75) is 26.3 Å². The summed E-state index contributed by atoms with van der Waals surface area (Å²) in [6.07, 6.45) is 2.03. The average molecular weight is 494 g/mol. The van der Waals surface area contributed by atoms with Crippen LogP contribution in [0.3, 0.4) is 0 Å². The highest BCUT2D eigenvalue weighted by atomic mass is 32.1.